The summed E-state index contributed by atoms with van der Waals surface area (Å²) in [6, 6.07) is 7.83. The number of anilines is 2. The van der Waals surface area contributed by atoms with Crippen molar-refractivity contribution in [1.29, 1.82) is 0 Å². The molecule has 0 aliphatic rings. The first kappa shape index (κ1) is 11.6. The van der Waals surface area contributed by atoms with Crippen molar-refractivity contribution in [3.05, 3.63) is 41.6 Å². The van der Waals surface area contributed by atoms with Gasteiger partial charge in [0.2, 0.25) is 0 Å². The van der Waals surface area contributed by atoms with Crippen LogP contribution in [0.15, 0.2) is 30.5 Å². The van der Waals surface area contributed by atoms with E-state index >= 15 is 0 Å². The number of rotatable bonds is 3. The highest BCUT2D eigenvalue weighted by Gasteiger charge is 2.07. The van der Waals surface area contributed by atoms with Crippen molar-refractivity contribution < 1.29 is 0 Å². The van der Waals surface area contributed by atoms with Gasteiger partial charge in [0.1, 0.15) is 10.8 Å². The van der Waals surface area contributed by atoms with Gasteiger partial charge >= 0.3 is 0 Å². The predicted molar refractivity (Wildman–Crippen MR) is 73.6 cm³/mol. The zero-order chi connectivity index (χ0) is 12.4. The van der Waals surface area contributed by atoms with Gasteiger partial charge in [0.05, 0.1) is 11.9 Å². The quantitative estimate of drug-likeness (QED) is 0.814. The van der Waals surface area contributed by atoms with Crippen LogP contribution in [-0.2, 0) is 7.05 Å². The fraction of sp³-hybridized carbons (Fsp3) is 0.167. The molecule has 0 amide bonds. The molecule has 3 N–H and O–H groups in total. The van der Waals surface area contributed by atoms with Gasteiger partial charge < -0.3 is 11.1 Å². The first-order chi connectivity index (χ1) is 8.08. The highest BCUT2D eigenvalue weighted by molar-refractivity contribution is 7.80. The number of hydrogen-bond acceptors (Lipinski definition) is 3. The van der Waals surface area contributed by atoms with E-state index in [0.717, 1.165) is 22.6 Å². The molecule has 0 spiro atoms. The van der Waals surface area contributed by atoms with Crippen molar-refractivity contribution >= 4 is 28.7 Å². The summed E-state index contributed by atoms with van der Waals surface area (Å²) >= 11 is 5.04. The van der Waals surface area contributed by atoms with Gasteiger partial charge in [0.25, 0.3) is 0 Å². The fourth-order valence-electron chi connectivity index (χ4n) is 1.61. The summed E-state index contributed by atoms with van der Waals surface area (Å²) in [6.07, 6.45) is 1.73. The lowest BCUT2D eigenvalue weighted by molar-refractivity contribution is 0.776. The number of benzene rings is 1. The Labute approximate surface area is 105 Å². The van der Waals surface area contributed by atoms with E-state index in [1.54, 1.807) is 10.9 Å². The molecule has 1 aromatic carbocycles. The van der Waals surface area contributed by atoms with Crippen LogP contribution in [0.1, 0.15) is 11.1 Å². The highest BCUT2D eigenvalue weighted by atomic mass is 32.1. The average Bonchev–Trinajstić information content (AvgIpc) is 2.64. The fourth-order valence-corrected chi connectivity index (χ4v) is 1.79. The summed E-state index contributed by atoms with van der Waals surface area (Å²) in [5.41, 5.74) is 8.59. The topological polar surface area (TPSA) is 55.9 Å². The molecule has 1 aromatic heterocycles. The van der Waals surface area contributed by atoms with Gasteiger partial charge in [-0.1, -0.05) is 18.3 Å². The molecule has 0 atom stereocenters. The van der Waals surface area contributed by atoms with Crippen molar-refractivity contribution in [2.45, 2.75) is 6.92 Å². The number of thiocarbonyl (C=S) groups is 1. The third-order valence-electron chi connectivity index (χ3n) is 2.52. The number of hydrogen-bond donors (Lipinski definition) is 2. The second-order valence-electron chi connectivity index (χ2n) is 3.88. The largest absolute Gasteiger partial charge is 0.389 e. The molecule has 0 aliphatic heterocycles. The van der Waals surface area contributed by atoms with Crippen molar-refractivity contribution in [2.24, 2.45) is 12.8 Å². The summed E-state index contributed by atoms with van der Waals surface area (Å²) in [7, 11) is 1.87. The van der Waals surface area contributed by atoms with Gasteiger partial charge in [0, 0.05) is 18.7 Å². The Balaban J connectivity index is 2.41. The van der Waals surface area contributed by atoms with Crippen LogP contribution >= 0.6 is 12.2 Å². The van der Waals surface area contributed by atoms with Crippen LogP contribution in [0.5, 0.6) is 0 Å². The van der Waals surface area contributed by atoms with E-state index in [1.165, 1.54) is 0 Å². The molecule has 0 radical (unpaired) electrons. The van der Waals surface area contributed by atoms with Crippen molar-refractivity contribution in [1.82, 2.24) is 9.78 Å². The lowest BCUT2D eigenvalue weighted by Gasteiger charge is -2.12. The Bertz CT molecular complexity index is 559. The summed E-state index contributed by atoms with van der Waals surface area (Å²) in [6.45, 7) is 2.03. The van der Waals surface area contributed by atoms with Crippen molar-refractivity contribution in [3.63, 3.8) is 0 Å². The molecule has 5 heteroatoms. The summed E-state index contributed by atoms with van der Waals surface area (Å²) in [5, 5.41) is 7.38. The number of aromatic nitrogens is 2. The van der Waals surface area contributed by atoms with E-state index in [1.807, 2.05) is 38.2 Å². The van der Waals surface area contributed by atoms with Crippen LogP contribution in [0, 0.1) is 6.92 Å². The molecule has 2 aromatic rings. The Morgan fingerprint density at radius 2 is 2.18 bits per heavy atom. The maximum Gasteiger partial charge on any atom is 0.128 e. The lowest BCUT2D eigenvalue weighted by atomic mass is 10.1. The van der Waals surface area contributed by atoms with E-state index in [4.69, 9.17) is 18.0 Å². The minimum Gasteiger partial charge on any atom is -0.389 e. The third kappa shape index (κ3) is 2.45. The second-order valence-corrected chi connectivity index (χ2v) is 4.32. The van der Waals surface area contributed by atoms with Gasteiger partial charge in [-0.25, -0.2) is 0 Å². The number of aryl methyl sites for hydroxylation is 2. The molecule has 88 valence electrons. The molecule has 0 saturated heterocycles. The molecule has 0 fully saturated rings. The Kier molecular flexibility index (Phi) is 3.10. The van der Waals surface area contributed by atoms with Crippen LogP contribution in [0.4, 0.5) is 11.5 Å². The minimum absolute atomic E-state index is 0.384. The van der Waals surface area contributed by atoms with Gasteiger partial charge in [-0.3, -0.25) is 4.68 Å². The zero-order valence-corrected chi connectivity index (χ0v) is 10.6. The molecule has 2 rings (SSSR count). The van der Waals surface area contributed by atoms with Crippen LogP contribution in [0.25, 0.3) is 0 Å². The molecular formula is C12H14N4S. The predicted octanol–water partition coefficient (Wildman–Crippen LogP) is 2.11. The van der Waals surface area contributed by atoms with Gasteiger partial charge in [-0.2, -0.15) is 5.10 Å². The van der Waals surface area contributed by atoms with Crippen LogP contribution < -0.4 is 11.1 Å². The summed E-state index contributed by atoms with van der Waals surface area (Å²) in [5.74, 6) is 0.896. The SMILES string of the molecule is Cc1ccc(C(N)=S)c(Nc2ccnn2C)c1. The molecule has 4 nitrogen and oxygen atoms in total. The Morgan fingerprint density at radius 1 is 1.41 bits per heavy atom. The van der Waals surface area contributed by atoms with Crippen LogP contribution in [-0.4, -0.2) is 14.8 Å². The van der Waals surface area contributed by atoms with Crippen molar-refractivity contribution in [3.8, 4) is 0 Å². The average molecular weight is 246 g/mol. The second kappa shape index (κ2) is 4.55. The van der Waals surface area contributed by atoms with Gasteiger partial charge in [-0.05, 0) is 24.6 Å². The van der Waals surface area contributed by atoms with Crippen LogP contribution in [0.3, 0.4) is 0 Å². The smallest absolute Gasteiger partial charge is 0.128 e. The first-order valence-corrected chi connectivity index (χ1v) is 5.64. The molecular weight excluding hydrogens is 232 g/mol. The lowest BCUT2D eigenvalue weighted by Crippen LogP contribution is -2.12. The van der Waals surface area contributed by atoms with E-state index in [0.29, 0.717) is 4.99 Å². The van der Waals surface area contributed by atoms with Gasteiger partial charge in [0.15, 0.2) is 0 Å². The molecule has 17 heavy (non-hydrogen) atoms. The minimum atomic E-state index is 0.384. The summed E-state index contributed by atoms with van der Waals surface area (Å²) < 4.78 is 1.76. The first-order valence-electron chi connectivity index (χ1n) is 5.23. The molecule has 0 aliphatic carbocycles. The monoisotopic (exact) mass is 246 g/mol. The normalized spacial score (nSPS) is 10.2. The number of nitrogens with zero attached hydrogens (tertiary/aromatic N) is 2. The van der Waals surface area contributed by atoms with E-state index in [2.05, 4.69) is 10.4 Å². The van der Waals surface area contributed by atoms with Crippen molar-refractivity contribution in [2.75, 3.05) is 5.32 Å². The van der Waals surface area contributed by atoms with E-state index < -0.39 is 0 Å². The third-order valence-corrected chi connectivity index (χ3v) is 2.74. The van der Waals surface area contributed by atoms with E-state index in [-0.39, 0.29) is 0 Å². The molecule has 0 unspecified atom stereocenters. The number of nitrogens with one attached hydrogen (secondary N) is 1. The zero-order valence-electron chi connectivity index (χ0n) is 9.77. The van der Waals surface area contributed by atoms with E-state index in [9.17, 15) is 0 Å². The van der Waals surface area contributed by atoms with Crippen LogP contribution in [0.2, 0.25) is 0 Å². The molecule has 0 saturated carbocycles. The standard InChI is InChI=1S/C12H14N4S/c1-8-3-4-9(12(13)17)10(7-8)15-11-5-6-14-16(11)2/h3-7,15H,1-2H3,(H2,13,17). The molecule has 1 heterocycles. The Hall–Kier alpha value is -1.88. The maximum absolute atomic E-state index is 5.70. The molecule has 0 bridgehead atoms. The Morgan fingerprint density at radius 3 is 2.76 bits per heavy atom. The van der Waals surface area contributed by atoms with Gasteiger partial charge in [-0.15, -0.1) is 0 Å². The maximum atomic E-state index is 5.70. The number of nitrogens with two attached hydrogens (primary N) is 1. The highest BCUT2D eigenvalue weighted by Crippen LogP contribution is 2.21. The summed E-state index contributed by atoms with van der Waals surface area (Å²) in [4.78, 5) is 0.384.